The van der Waals surface area contributed by atoms with Crippen LogP contribution in [0.3, 0.4) is 0 Å². The summed E-state index contributed by atoms with van der Waals surface area (Å²) in [5, 5.41) is 2.36. The summed E-state index contributed by atoms with van der Waals surface area (Å²) in [4.78, 5) is 25.4. The maximum atomic E-state index is 11.5. The van der Waals surface area contributed by atoms with Crippen LogP contribution < -0.4 is 16.0 Å². The summed E-state index contributed by atoms with van der Waals surface area (Å²) >= 11 is 0. The van der Waals surface area contributed by atoms with Gasteiger partial charge in [0.25, 0.3) is 0 Å². The highest BCUT2D eigenvalue weighted by atomic mass is 16.2. The van der Waals surface area contributed by atoms with Gasteiger partial charge in [0.1, 0.15) is 0 Å². The van der Waals surface area contributed by atoms with E-state index >= 15 is 0 Å². The van der Waals surface area contributed by atoms with Crippen LogP contribution in [0.2, 0.25) is 0 Å². The molecule has 5 nitrogen and oxygen atoms in total. The number of rotatable bonds is 2. The van der Waals surface area contributed by atoms with Gasteiger partial charge in [-0.2, -0.15) is 0 Å². The molecule has 0 radical (unpaired) electrons. The number of carbonyl (C=O) groups excluding carboxylic acids is 2. The first-order valence-corrected chi connectivity index (χ1v) is 7.60. The Labute approximate surface area is 124 Å². The van der Waals surface area contributed by atoms with Gasteiger partial charge in [-0.3, -0.25) is 14.9 Å². The maximum Gasteiger partial charge on any atom is 0.227 e. The van der Waals surface area contributed by atoms with Crippen LogP contribution >= 0.6 is 0 Å². The van der Waals surface area contributed by atoms with Crippen LogP contribution in [0.1, 0.15) is 43.6 Å². The van der Waals surface area contributed by atoms with E-state index in [0.717, 1.165) is 30.0 Å². The van der Waals surface area contributed by atoms with E-state index < -0.39 is 0 Å². The average molecular weight is 287 g/mol. The molecule has 0 saturated carbocycles. The van der Waals surface area contributed by atoms with E-state index in [1.165, 1.54) is 19.3 Å². The SMILES string of the molecule is Nc1ccc(C2CC(=O)NC(=O)C2)cc1N1CCCCC1. The van der Waals surface area contributed by atoms with Crippen LogP contribution in [0.25, 0.3) is 0 Å². The van der Waals surface area contributed by atoms with E-state index in [9.17, 15) is 9.59 Å². The van der Waals surface area contributed by atoms with Gasteiger partial charge in [-0.05, 0) is 37.0 Å². The zero-order valence-corrected chi connectivity index (χ0v) is 12.1. The summed E-state index contributed by atoms with van der Waals surface area (Å²) in [6.07, 6.45) is 4.39. The Morgan fingerprint density at radius 3 is 2.38 bits per heavy atom. The number of nitrogens with two attached hydrogens (primary N) is 1. The Balaban J connectivity index is 1.86. The van der Waals surface area contributed by atoms with Gasteiger partial charge in [-0.25, -0.2) is 0 Å². The molecule has 0 aliphatic carbocycles. The lowest BCUT2D eigenvalue weighted by molar-refractivity contribution is -0.133. The molecule has 1 aromatic rings. The molecule has 0 unspecified atom stereocenters. The van der Waals surface area contributed by atoms with Crippen molar-refractivity contribution in [2.75, 3.05) is 23.7 Å². The van der Waals surface area contributed by atoms with E-state index in [0.29, 0.717) is 12.8 Å². The van der Waals surface area contributed by atoms with Crippen molar-refractivity contribution in [1.82, 2.24) is 5.32 Å². The van der Waals surface area contributed by atoms with Crippen molar-refractivity contribution in [1.29, 1.82) is 0 Å². The Hall–Kier alpha value is -2.04. The largest absolute Gasteiger partial charge is 0.397 e. The van der Waals surface area contributed by atoms with E-state index in [-0.39, 0.29) is 17.7 Å². The van der Waals surface area contributed by atoms with Gasteiger partial charge < -0.3 is 10.6 Å². The van der Waals surface area contributed by atoms with Gasteiger partial charge in [-0.1, -0.05) is 6.07 Å². The van der Waals surface area contributed by atoms with Crippen molar-refractivity contribution in [2.24, 2.45) is 0 Å². The molecule has 5 heteroatoms. The molecule has 3 N–H and O–H groups in total. The number of nitrogens with one attached hydrogen (secondary N) is 1. The molecule has 0 bridgehead atoms. The maximum absolute atomic E-state index is 11.5. The minimum Gasteiger partial charge on any atom is -0.397 e. The van der Waals surface area contributed by atoms with Crippen molar-refractivity contribution in [3.8, 4) is 0 Å². The summed E-state index contributed by atoms with van der Waals surface area (Å²) < 4.78 is 0. The third kappa shape index (κ3) is 3.01. The zero-order valence-electron chi connectivity index (χ0n) is 12.1. The van der Waals surface area contributed by atoms with Crippen LogP contribution in [0, 0.1) is 0 Å². The van der Waals surface area contributed by atoms with Crippen LogP contribution in [-0.4, -0.2) is 24.9 Å². The molecule has 2 aliphatic heterocycles. The number of piperidine rings is 2. The van der Waals surface area contributed by atoms with Gasteiger partial charge in [0.05, 0.1) is 11.4 Å². The molecule has 0 aromatic heterocycles. The Morgan fingerprint density at radius 1 is 1.05 bits per heavy atom. The van der Waals surface area contributed by atoms with E-state index in [1.54, 1.807) is 0 Å². The van der Waals surface area contributed by atoms with Gasteiger partial charge >= 0.3 is 0 Å². The van der Waals surface area contributed by atoms with Crippen molar-refractivity contribution in [3.05, 3.63) is 23.8 Å². The number of hydrogen-bond acceptors (Lipinski definition) is 4. The third-order valence-electron chi connectivity index (χ3n) is 4.37. The highest BCUT2D eigenvalue weighted by Gasteiger charge is 2.27. The summed E-state index contributed by atoms with van der Waals surface area (Å²) in [5.74, 6) is -0.407. The minimum atomic E-state index is -0.187. The molecule has 2 amide bonds. The van der Waals surface area contributed by atoms with E-state index in [1.807, 2.05) is 12.1 Å². The Kier molecular flexibility index (Phi) is 3.82. The molecule has 1 aromatic carbocycles. The first-order chi connectivity index (χ1) is 10.1. The van der Waals surface area contributed by atoms with Crippen molar-refractivity contribution >= 4 is 23.2 Å². The quantitative estimate of drug-likeness (QED) is 0.642. The first kappa shape index (κ1) is 13.9. The number of imide groups is 1. The molecule has 0 atom stereocenters. The molecule has 2 heterocycles. The van der Waals surface area contributed by atoms with E-state index in [4.69, 9.17) is 5.73 Å². The predicted molar refractivity (Wildman–Crippen MR) is 82.0 cm³/mol. The molecule has 2 fully saturated rings. The van der Waals surface area contributed by atoms with Crippen LogP contribution in [0.4, 0.5) is 11.4 Å². The van der Waals surface area contributed by atoms with Crippen molar-refractivity contribution < 1.29 is 9.59 Å². The fourth-order valence-electron chi connectivity index (χ4n) is 3.24. The number of hydrogen-bond donors (Lipinski definition) is 2. The summed E-state index contributed by atoms with van der Waals surface area (Å²) in [7, 11) is 0. The number of nitrogens with zero attached hydrogens (tertiary/aromatic N) is 1. The predicted octanol–water partition coefficient (Wildman–Crippen LogP) is 1.78. The normalized spacial score (nSPS) is 20.5. The second-order valence-electron chi connectivity index (χ2n) is 5.94. The number of amides is 2. The highest BCUT2D eigenvalue weighted by molar-refractivity contribution is 5.98. The smallest absolute Gasteiger partial charge is 0.227 e. The summed E-state index contributed by atoms with van der Waals surface area (Å²) in [6, 6.07) is 5.91. The van der Waals surface area contributed by atoms with Crippen LogP contribution in [0.5, 0.6) is 0 Å². The van der Waals surface area contributed by atoms with Gasteiger partial charge in [0, 0.05) is 31.8 Å². The lowest BCUT2D eigenvalue weighted by Gasteiger charge is -2.31. The lowest BCUT2D eigenvalue weighted by atomic mass is 9.89. The fourth-order valence-corrected chi connectivity index (χ4v) is 3.24. The molecule has 3 rings (SSSR count). The molecular weight excluding hydrogens is 266 g/mol. The summed E-state index contributed by atoms with van der Waals surface area (Å²) in [6.45, 7) is 2.05. The van der Waals surface area contributed by atoms with Gasteiger partial charge in [0.15, 0.2) is 0 Å². The second kappa shape index (κ2) is 5.76. The molecule has 112 valence electrons. The van der Waals surface area contributed by atoms with Crippen molar-refractivity contribution in [2.45, 2.75) is 38.0 Å². The number of carbonyl (C=O) groups is 2. The first-order valence-electron chi connectivity index (χ1n) is 7.60. The number of nitrogen functional groups attached to an aromatic ring is 1. The molecule has 21 heavy (non-hydrogen) atoms. The zero-order chi connectivity index (χ0) is 14.8. The lowest BCUT2D eigenvalue weighted by Crippen LogP contribution is -2.37. The summed E-state index contributed by atoms with van der Waals surface area (Å²) in [5.41, 5.74) is 8.97. The monoisotopic (exact) mass is 287 g/mol. The topological polar surface area (TPSA) is 75.4 Å². The number of benzene rings is 1. The molecule has 2 aliphatic rings. The average Bonchev–Trinajstić information content (AvgIpc) is 2.47. The van der Waals surface area contributed by atoms with Gasteiger partial charge in [-0.15, -0.1) is 0 Å². The Morgan fingerprint density at radius 2 is 1.71 bits per heavy atom. The fraction of sp³-hybridized carbons (Fsp3) is 0.500. The minimum absolute atomic E-state index is 0.0320. The molecular formula is C16H21N3O2. The highest BCUT2D eigenvalue weighted by Crippen LogP contribution is 2.33. The van der Waals surface area contributed by atoms with E-state index in [2.05, 4.69) is 16.3 Å². The second-order valence-corrected chi connectivity index (χ2v) is 5.94. The number of anilines is 2. The molecule has 0 spiro atoms. The van der Waals surface area contributed by atoms with Crippen LogP contribution in [-0.2, 0) is 9.59 Å². The Bertz CT molecular complexity index is 549. The molecule has 2 saturated heterocycles. The standard InChI is InChI=1S/C16H21N3O2/c17-13-5-4-11(12-9-15(20)18-16(21)10-12)8-14(13)19-6-2-1-3-7-19/h4-5,8,12H,1-3,6-7,9-10,17H2,(H,18,20,21). The van der Waals surface area contributed by atoms with Gasteiger partial charge in [0.2, 0.25) is 11.8 Å². The van der Waals surface area contributed by atoms with Crippen LogP contribution in [0.15, 0.2) is 18.2 Å². The third-order valence-corrected chi connectivity index (χ3v) is 4.37. The van der Waals surface area contributed by atoms with Crippen molar-refractivity contribution in [3.63, 3.8) is 0 Å².